The molecule has 3 rings (SSSR count). The Balaban J connectivity index is 1.58. The van der Waals surface area contributed by atoms with Crippen molar-refractivity contribution in [3.63, 3.8) is 0 Å². The molecule has 0 heterocycles. The van der Waals surface area contributed by atoms with Gasteiger partial charge in [-0.3, -0.25) is 9.59 Å². The number of halogens is 1. The summed E-state index contributed by atoms with van der Waals surface area (Å²) in [5, 5.41) is 2.78. The van der Waals surface area contributed by atoms with E-state index >= 15 is 0 Å². The van der Waals surface area contributed by atoms with Gasteiger partial charge in [-0.05, 0) is 64.5 Å². The van der Waals surface area contributed by atoms with Crippen molar-refractivity contribution in [2.24, 2.45) is 0 Å². The molecule has 2 amide bonds. The highest BCUT2D eigenvalue weighted by Gasteiger charge is 2.15. The standard InChI is InChI=1S/C22H19BrN2O3/c1-25(15-21(26)24-20-10-6-5-9-19(20)23)22(27)16-11-13-18(14-12-16)28-17-7-3-2-4-8-17/h2-14H,15H2,1H3,(H,24,26). The van der Waals surface area contributed by atoms with Gasteiger partial charge in [-0.15, -0.1) is 0 Å². The second-order valence-electron chi connectivity index (χ2n) is 6.13. The van der Waals surface area contributed by atoms with Gasteiger partial charge in [-0.1, -0.05) is 30.3 Å². The highest BCUT2D eigenvalue weighted by Crippen LogP contribution is 2.22. The van der Waals surface area contributed by atoms with Gasteiger partial charge in [0.25, 0.3) is 5.91 Å². The first-order valence-electron chi connectivity index (χ1n) is 8.66. The molecular weight excluding hydrogens is 420 g/mol. The minimum Gasteiger partial charge on any atom is -0.457 e. The van der Waals surface area contributed by atoms with E-state index in [0.29, 0.717) is 17.0 Å². The van der Waals surface area contributed by atoms with Crippen molar-refractivity contribution >= 4 is 33.4 Å². The molecular formula is C22H19BrN2O3. The van der Waals surface area contributed by atoms with Crippen LogP contribution in [0.2, 0.25) is 0 Å². The SMILES string of the molecule is CN(CC(=O)Nc1ccccc1Br)C(=O)c1ccc(Oc2ccccc2)cc1. The molecule has 0 bridgehead atoms. The number of carbonyl (C=O) groups is 2. The van der Waals surface area contributed by atoms with Gasteiger partial charge in [-0.2, -0.15) is 0 Å². The predicted molar refractivity (Wildman–Crippen MR) is 113 cm³/mol. The van der Waals surface area contributed by atoms with Crippen molar-refractivity contribution in [3.8, 4) is 11.5 Å². The second-order valence-corrected chi connectivity index (χ2v) is 6.98. The van der Waals surface area contributed by atoms with Crippen molar-refractivity contribution in [2.45, 2.75) is 0 Å². The molecule has 142 valence electrons. The lowest BCUT2D eigenvalue weighted by molar-refractivity contribution is -0.116. The number of likely N-dealkylation sites (N-methyl/N-ethyl adjacent to an activating group) is 1. The minimum absolute atomic E-state index is 0.0531. The summed E-state index contributed by atoms with van der Waals surface area (Å²) in [6.45, 7) is -0.0531. The van der Waals surface area contributed by atoms with Crippen LogP contribution in [0.5, 0.6) is 11.5 Å². The summed E-state index contributed by atoms with van der Waals surface area (Å²) in [4.78, 5) is 26.2. The number of anilines is 1. The highest BCUT2D eigenvalue weighted by atomic mass is 79.9. The average Bonchev–Trinajstić information content (AvgIpc) is 2.70. The molecule has 6 heteroatoms. The number of nitrogens with one attached hydrogen (secondary N) is 1. The number of carbonyl (C=O) groups excluding carboxylic acids is 2. The Bertz CT molecular complexity index is 959. The molecule has 0 aliphatic heterocycles. The molecule has 3 aromatic carbocycles. The Labute approximate surface area is 172 Å². The van der Waals surface area contributed by atoms with Crippen molar-refractivity contribution in [3.05, 3.63) is 88.9 Å². The van der Waals surface area contributed by atoms with Crippen molar-refractivity contribution < 1.29 is 14.3 Å². The van der Waals surface area contributed by atoms with Crippen LogP contribution in [0.1, 0.15) is 10.4 Å². The Hall–Kier alpha value is -3.12. The fourth-order valence-corrected chi connectivity index (χ4v) is 2.93. The van der Waals surface area contributed by atoms with E-state index in [1.807, 2.05) is 48.5 Å². The fraction of sp³-hybridized carbons (Fsp3) is 0.0909. The van der Waals surface area contributed by atoms with Crippen molar-refractivity contribution in [1.29, 1.82) is 0 Å². The third kappa shape index (κ3) is 5.20. The van der Waals surface area contributed by atoms with Gasteiger partial charge in [0, 0.05) is 17.1 Å². The molecule has 0 radical (unpaired) electrons. The third-order valence-electron chi connectivity index (χ3n) is 3.96. The predicted octanol–water partition coefficient (Wildman–Crippen LogP) is 4.95. The van der Waals surface area contributed by atoms with Crippen molar-refractivity contribution in [1.82, 2.24) is 4.90 Å². The van der Waals surface area contributed by atoms with Crippen molar-refractivity contribution in [2.75, 3.05) is 18.9 Å². The molecule has 0 aliphatic carbocycles. The summed E-state index contributed by atoms with van der Waals surface area (Å²) in [6.07, 6.45) is 0. The number of nitrogens with zero attached hydrogens (tertiary/aromatic N) is 1. The van der Waals surface area contributed by atoms with E-state index in [1.165, 1.54) is 4.90 Å². The van der Waals surface area contributed by atoms with Crippen LogP contribution in [0.3, 0.4) is 0 Å². The van der Waals surface area contributed by atoms with Gasteiger partial charge in [0.05, 0.1) is 12.2 Å². The zero-order valence-electron chi connectivity index (χ0n) is 15.3. The molecule has 28 heavy (non-hydrogen) atoms. The van der Waals surface area contributed by atoms with E-state index in [1.54, 1.807) is 37.4 Å². The topological polar surface area (TPSA) is 58.6 Å². The molecule has 0 unspecified atom stereocenters. The molecule has 0 atom stereocenters. The largest absolute Gasteiger partial charge is 0.457 e. The van der Waals surface area contributed by atoms with E-state index in [4.69, 9.17) is 4.74 Å². The maximum atomic E-state index is 12.6. The molecule has 0 fully saturated rings. The smallest absolute Gasteiger partial charge is 0.254 e. The number of amides is 2. The lowest BCUT2D eigenvalue weighted by Crippen LogP contribution is -2.34. The summed E-state index contributed by atoms with van der Waals surface area (Å²) < 4.78 is 6.51. The summed E-state index contributed by atoms with van der Waals surface area (Å²) in [6, 6.07) is 23.6. The number of ether oxygens (including phenoxy) is 1. The molecule has 0 saturated heterocycles. The van der Waals surface area contributed by atoms with E-state index in [-0.39, 0.29) is 18.4 Å². The molecule has 0 saturated carbocycles. The number of rotatable bonds is 6. The number of para-hydroxylation sites is 2. The van der Waals surface area contributed by atoms with Gasteiger partial charge in [0.2, 0.25) is 5.91 Å². The third-order valence-corrected chi connectivity index (χ3v) is 4.65. The second kappa shape index (κ2) is 9.19. The van der Waals surface area contributed by atoms with Crippen LogP contribution < -0.4 is 10.1 Å². The van der Waals surface area contributed by atoms with E-state index in [9.17, 15) is 9.59 Å². The average molecular weight is 439 g/mol. The highest BCUT2D eigenvalue weighted by molar-refractivity contribution is 9.10. The van der Waals surface area contributed by atoms with Crippen LogP contribution in [0.25, 0.3) is 0 Å². The Kier molecular flexibility index (Phi) is 6.45. The molecule has 5 nitrogen and oxygen atoms in total. The van der Waals surface area contributed by atoms with Crippen LogP contribution >= 0.6 is 15.9 Å². The van der Waals surface area contributed by atoms with E-state index < -0.39 is 0 Å². The van der Waals surface area contributed by atoms with E-state index in [2.05, 4.69) is 21.2 Å². The molecule has 1 N–H and O–H groups in total. The molecule has 0 spiro atoms. The van der Waals surface area contributed by atoms with Gasteiger partial charge in [-0.25, -0.2) is 0 Å². The van der Waals surface area contributed by atoms with Crippen LogP contribution in [-0.4, -0.2) is 30.3 Å². The Morgan fingerprint density at radius 1 is 0.893 bits per heavy atom. The van der Waals surface area contributed by atoms with Crippen LogP contribution in [-0.2, 0) is 4.79 Å². The summed E-state index contributed by atoms with van der Waals surface area (Å²) in [5.41, 5.74) is 1.15. The lowest BCUT2D eigenvalue weighted by atomic mass is 10.2. The first kappa shape index (κ1) is 19.6. The van der Waals surface area contributed by atoms with Crippen LogP contribution in [0.4, 0.5) is 5.69 Å². The quantitative estimate of drug-likeness (QED) is 0.591. The molecule has 0 aromatic heterocycles. The van der Waals surface area contributed by atoms with Crippen LogP contribution in [0, 0.1) is 0 Å². The normalized spacial score (nSPS) is 10.2. The molecule has 3 aromatic rings. The zero-order valence-corrected chi connectivity index (χ0v) is 16.8. The van der Waals surface area contributed by atoms with Crippen LogP contribution in [0.15, 0.2) is 83.3 Å². The van der Waals surface area contributed by atoms with Gasteiger partial charge >= 0.3 is 0 Å². The lowest BCUT2D eigenvalue weighted by Gasteiger charge is -2.17. The molecule has 0 aliphatic rings. The van der Waals surface area contributed by atoms with Gasteiger partial charge in [0.1, 0.15) is 11.5 Å². The monoisotopic (exact) mass is 438 g/mol. The maximum absolute atomic E-state index is 12.6. The zero-order chi connectivity index (χ0) is 19.9. The van der Waals surface area contributed by atoms with Gasteiger partial charge < -0.3 is 15.0 Å². The summed E-state index contributed by atoms with van der Waals surface area (Å²) >= 11 is 3.38. The van der Waals surface area contributed by atoms with Gasteiger partial charge in [0.15, 0.2) is 0 Å². The fourth-order valence-electron chi connectivity index (χ4n) is 2.55. The first-order chi connectivity index (χ1) is 13.5. The summed E-state index contributed by atoms with van der Waals surface area (Å²) in [7, 11) is 1.59. The number of hydrogen-bond acceptors (Lipinski definition) is 3. The number of benzene rings is 3. The van der Waals surface area contributed by atoms with E-state index in [0.717, 1.165) is 10.2 Å². The Morgan fingerprint density at radius 2 is 1.50 bits per heavy atom. The minimum atomic E-state index is -0.271. The number of hydrogen-bond donors (Lipinski definition) is 1. The first-order valence-corrected chi connectivity index (χ1v) is 9.45. The Morgan fingerprint density at radius 3 is 2.18 bits per heavy atom. The summed E-state index contributed by atoms with van der Waals surface area (Å²) in [5.74, 6) is 0.847. The maximum Gasteiger partial charge on any atom is 0.254 e.